The largest absolute Gasteiger partial charge is 0.382 e. The van der Waals surface area contributed by atoms with Gasteiger partial charge in [0.25, 0.3) is 6.43 Å². The Morgan fingerprint density at radius 1 is 1.67 bits per heavy atom. The van der Waals surface area contributed by atoms with Crippen molar-refractivity contribution in [1.82, 2.24) is 4.98 Å². The average Bonchev–Trinajstić information content (AvgIpc) is 2.15. The molecule has 0 aliphatic rings. The van der Waals surface area contributed by atoms with E-state index in [0.29, 0.717) is 0 Å². The lowest BCUT2D eigenvalue weighted by atomic mass is 10.1. The molecule has 0 spiro atoms. The molecule has 0 saturated heterocycles. The van der Waals surface area contributed by atoms with Crippen LogP contribution in [0.25, 0.3) is 0 Å². The summed E-state index contributed by atoms with van der Waals surface area (Å²) < 4.78 is 25.1. The molecule has 0 saturated carbocycles. The molecule has 0 radical (unpaired) electrons. The van der Waals surface area contributed by atoms with Crippen LogP contribution in [0.4, 0.5) is 14.6 Å². The summed E-state index contributed by atoms with van der Waals surface area (Å²) in [6, 6.07) is 0. The van der Waals surface area contributed by atoms with Crippen molar-refractivity contribution in [3.63, 3.8) is 0 Å². The highest BCUT2D eigenvalue weighted by Gasteiger charge is 2.26. The van der Waals surface area contributed by atoms with Gasteiger partial charge in [-0.1, -0.05) is 11.6 Å². The van der Waals surface area contributed by atoms with Gasteiger partial charge in [-0.15, -0.1) is 0 Å². The number of hydrogen-bond donors (Lipinski definition) is 1. The van der Waals surface area contributed by atoms with Crippen molar-refractivity contribution >= 4 is 17.4 Å². The fourth-order valence-electron chi connectivity index (χ4n) is 1.05. The summed E-state index contributed by atoms with van der Waals surface area (Å²) in [5.41, 5.74) is 4.56. The molecule has 0 aliphatic heterocycles. The summed E-state index contributed by atoms with van der Waals surface area (Å²) in [7, 11) is 0. The third kappa shape index (κ3) is 2.18. The van der Waals surface area contributed by atoms with Gasteiger partial charge >= 0.3 is 5.82 Å². The first-order valence-electron chi connectivity index (χ1n) is 3.79. The van der Waals surface area contributed by atoms with Gasteiger partial charge in [0.05, 0.1) is 5.56 Å². The van der Waals surface area contributed by atoms with Gasteiger partial charge in [-0.05, 0) is 9.91 Å². The number of nitro groups is 1. The highest BCUT2D eigenvalue weighted by atomic mass is 35.5. The summed E-state index contributed by atoms with van der Waals surface area (Å²) in [5, 5.41) is 9.72. The molecule has 0 atom stereocenters. The maximum absolute atomic E-state index is 12.5. The molecule has 1 aromatic rings. The summed E-state index contributed by atoms with van der Waals surface area (Å²) in [6.07, 6.45) is -1.98. The Labute approximate surface area is 88.0 Å². The van der Waals surface area contributed by atoms with Crippen molar-refractivity contribution < 1.29 is 13.7 Å². The van der Waals surface area contributed by atoms with Gasteiger partial charge in [-0.3, -0.25) is 0 Å². The molecule has 1 rings (SSSR count). The Morgan fingerprint density at radius 3 is 2.67 bits per heavy atom. The predicted octanol–water partition coefficient (Wildman–Crippen LogP) is 2.04. The second-order valence-corrected chi connectivity index (χ2v) is 2.97. The van der Waals surface area contributed by atoms with Crippen LogP contribution in [0.2, 0.25) is 5.02 Å². The minimum absolute atomic E-state index is 0.000556. The summed E-state index contributed by atoms with van der Waals surface area (Å²) >= 11 is 5.44. The van der Waals surface area contributed by atoms with Gasteiger partial charge in [-0.2, -0.15) is 0 Å². The maximum atomic E-state index is 12.5. The molecule has 0 unspecified atom stereocenters. The lowest BCUT2D eigenvalue weighted by molar-refractivity contribution is -0.389. The molecule has 8 heteroatoms. The smallest absolute Gasteiger partial charge is 0.358 e. The fraction of sp³-hybridized carbons (Fsp3) is 0.286. The van der Waals surface area contributed by atoms with Gasteiger partial charge in [0.15, 0.2) is 0 Å². The SMILES string of the molecule is NCc1cnc([N+](=O)[O-])c(Cl)c1C(F)F. The van der Waals surface area contributed by atoms with Crippen LogP contribution < -0.4 is 5.73 Å². The third-order valence-corrected chi connectivity index (χ3v) is 2.11. The van der Waals surface area contributed by atoms with E-state index < -0.39 is 27.8 Å². The molecule has 15 heavy (non-hydrogen) atoms. The van der Waals surface area contributed by atoms with E-state index in [-0.39, 0.29) is 12.1 Å². The Hall–Kier alpha value is -1.34. The molecule has 0 bridgehead atoms. The van der Waals surface area contributed by atoms with Crippen LogP contribution in [0.5, 0.6) is 0 Å². The Bertz CT molecular complexity index is 400. The van der Waals surface area contributed by atoms with Crippen LogP contribution in [0.15, 0.2) is 6.20 Å². The average molecular weight is 238 g/mol. The number of nitrogens with zero attached hydrogens (tertiary/aromatic N) is 2. The maximum Gasteiger partial charge on any atom is 0.382 e. The molecule has 0 aromatic carbocycles. The van der Waals surface area contributed by atoms with Crippen LogP contribution in [-0.2, 0) is 6.54 Å². The van der Waals surface area contributed by atoms with E-state index >= 15 is 0 Å². The minimum atomic E-state index is -2.92. The zero-order valence-electron chi connectivity index (χ0n) is 7.28. The first-order chi connectivity index (χ1) is 6.99. The lowest BCUT2D eigenvalue weighted by Crippen LogP contribution is -2.06. The van der Waals surface area contributed by atoms with Gasteiger partial charge in [-0.25, -0.2) is 8.78 Å². The van der Waals surface area contributed by atoms with Crippen molar-refractivity contribution in [2.24, 2.45) is 5.73 Å². The van der Waals surface area contributed by atoms with E-state index in [1.54, 1.807) is 0 Å². The van der Waals surface area contributed by atoms with Crippen LogP contribution in [-0.4, -0.2) is 9.91 Å². The second-order valence-electron chi connectivity index (χ2n) is 2.60. The Balaban J connectivity index is 3.42. The van der Waals surface area contributed by atoms with E-state index in [9.17, 15) is 18.9 Å². The van der Waals surface area contributed by atoms with Crippen molar-refractivity contribution in [3.05, 3.63) is 32.5 Å². The molecule has 1 heterocycles. The number of rotatable bonds is 3. The fourth-order valence-corrected chi connectivity index (χ4v) is 1.37. The zero-order valence-corrected chi connectivity index (χ0v) is 8.04. The van der Waals surface area contributed by atoms with E-state index in [1.165, 1.54) is 0 Å². The van der Waals surface area contributed by atoms with E-state index in [2.05, 4.69) is 4.98 Å². The van der Waals surface area contributed by atoms with Crippen molar-refractivity contribution in [3.8, 4) is 0 Å². The molecule has 0 amide bonds. The van der Waals surface area contributed by atoms with Crippen molar-refractivity contribution in [2.75, 3.05) is 0 Å². The second kappa shape index (κ2) is 4.45. The monoisotopic (exact) mass is 237 g/mol. The van der Waals surface area contributed by atoms with Crippen molar-refractivity contribution in [2.45, 2.75) is 13.0 Å². The zero-order chi connectivity index (χ0) is 11.6. The van der Waals surface area contributed by atoms with Crippen LogP contribution in [0.3, 0.4) is 0 Å². The number of nitrogens with two attached hydrogens (primary N) is 1. The third-order valence-electron chi connectivity index (χ3n) is 1.73. The Morgan fingerprint density at radius 2 is 2.27 bits per heavy atom. The summed E-state index contributed by atoms with van der Waals surface area (Å²) in [6.45, 7) is -0.204. The first kappa shape index (κ1) is 11.7. The summed E-state index contributed by atoms with van der Waals surface area (Å²) in [5.74, 6) is -0.788. The summed E-state index contributed by atoms with van der Waals surface area (Å²) in [4.78, 5) is 12.8. The quantitative estimate of drug-likeness (QED) is 0.644. The van der Waals surface area contributed by atoms with Crippen LogP contribution in [0.1, 0.15) is 17.6 Å². The predicted molar refractivity (Wildman–Crippen MR) is 48.7 cm³/mol. The molecular formula is C7H6ClF2N3O2. The molecule has 5 nitrogen and oxygen atoms in total. The van der Waals surface area contributed by atoms with Crippen LogP contribution >= 0.6 is 11.6 Å². The van der Waals surface area contributed by atoms with Gasteiger partial charge in [0.2, 0.25) is 0 Å². The highest BCUT2D eigenvalue weighted by molar-refractivity contribution is 6.33. The molecule has 82 valence electrons. The van der Waals surface area contributed by atoms with Gasteiger partial charge < -0.3 is 15.8 Å². The van der Waals surface area contributed by atoms with Crippen LogP contribution in [0, 0.1) is 10.1 Å². The molecule has 2 N–H and O–H groups in total. The topological polar surface area (TPSA) is 82.0 Å². The number of aromatic nitrogens is 1. The van der Waals surface area contributed by atoms with Gasteiger partial charge in [0, 0.05) is 12.1 Å². The minimum Gasteiger partial charge on any atom is -0.358 e. The lowest BCUT2D eigenvalue weighted by Gasteiger charge is -2.06. The van der Waals surface area contributed by atoms with Crippen molar-refractivity contribution in [1.29, 1.82) is 0 Å². The van der Waals surface area contributed by atoms with E-state index in [4.69, 9.17) is 17.3 Å². The number of pyridine rings is 1. The molecule has 0 fully saturated rings. The Kier molecular flexibility index (Phi) is 3.48. The molecule has 1 aromatic heterocycles. The van der Waals surface area contributed by atoms with E-state index in [1.807, 2.05) is 0 Å². The number of halogens is 3. The first-order valence-corrected chi connectivity index (χ1v) is 4.16. The number of alkyl halides is 2. The number of hydrogen-bond acceptors (Lipinski definition) is 4. The molecule has 0 aliphatic carbocycles. The van der Waals surface area contributed by atoms with Gasteiger partial charge in [0.1, 0.15) is 11.2 Å². The molecular weight excluding hydrogens is 232 g/mol. The highest BCUT2D eigenvalue weighted by Crippen LogP contribution is 2.34. The van der Waals surface area contributed by atoms with E-state index in [0.717, 1.165) is 6.20 Å². The normalized spacial score (nSPS) is 10.7. The standard InChI is InChI=1S/C7H6ClF2N3O2/c8-5-4(6(9)10)3(1-11)2-12-7(5)13(14)15/h2,6H,1,11H2.